The molecule has 0 aromatic carbocycles. The summed E-state index contributed by atoms with van der Waals surface area (Å²) in [7, 11) is 0. The maximum absolute atomic E-state index is 12.5. The molecule has 0 bridgehead atoms. The van der Waals surface area contributed by atoms with Gasteiger partial charge < -0.3 is 0 Å². The van der Waals surface area contributed by atoms with Crippen LogP contribution in [0.3, 0.4) is 0 Å². The van der Waals surface area contributed by atoms with Gasteiger partial charge in [0, 0.05) is 0 Å². The van der Waals surface area contributed by atoms with Gasteiger partial charge in [0.2, 0.25) is 0 Å². The van der Waals surface area contributed by atoms with E-state index < -0.39 is 31.2 Å². The Kier molecular flexibility index (Phi) is 4.46. The van der Waals surface area contributed by atoms with E-state index in [1.165, 1.54) is 6.07 Å². The van der Waals surface area contributed by atoms with E-state index in [0.717, 1.165) is 3.58 Å². The summed E-state index contributed by atoms with van der Waals surface area (Å²) in [6, 6.07) is 3.21. The van der Waals surface area contributed by atoms with Crippen LogP contribution in [0.4, 0.5) is 13.2 Å². The molecule has 1 unspecified atom stereocenters. The van der Waals surface area contributed by atoms with Gasteiger partial charge in [-0.15, -0.1) is 0 Å². The topological polar surface area (TPSA) is 22.1 Å². The average molecular weight is 340 g/mol. The number of ether oxygens (including phenoxy) is 1. The zero-order valence-electron chi connectivity index (χ0n) is 9.38. The summed E-state index contributed by atoms with van der Waals surface area (Å²) in [6.45, 7) is 0. The van der Waals surface area contributed by atoms with E-state index in [4.69, 9.17) is 0 Å². The van der Waals surface area contributed by atoms with Gasteiger partial charge in [-0.05, 0) is 0 Å². The number of hydrogen-bond donors (Lipinski definition) is 0. The van der Waals surface area contributed by atoms with Crippen LogP contribution in [-0.4, -0.2) is 36.1 Å². The van der Waals surface area contributed by atoms with Gasteiger partial charge in [0.05, 0.1) is 0 Å². The number of nitrogens with zero attached hydrogens (tertiary/aromatic N) is 1. The zero-order chi connectivity index (χ0) is 12.3. The molecule has 0 aliphatic heterocycles. The van der Waals surface area contributed by atoms with Crippen molar-refractivity contribution in [1.29, 1.82) is 0 Å². The molecule has 2 nitrogen and oxygen atoms in total. The fraction of sp³-hybridized carbons (Fsp3) is 0.500. The van der Waals surface area contributed by atoms with Gasteiger partial charge in [0.25, 0.3) is 0 Å². The van der Waals surface area contributed by atoms with E-state index in [1.54, 1.807) is 12.3 Å². The van der Waals surface area contributed by atoms with Crippen LogP contribution in [0.25, 0.3) is 0 Å². The van der Waals surface area contributed by atoms with Crippen molar-refractivity contribution in [3.8, 4) is 5.88 Å². The zero-order valence-corrected chi connectivity index (χ0v) is 12.2. The summed E-state index contributed by atoms with van der Waals surface area (Å²) in [5.41, 5.74) is 0. The van der Waals surface area contributed by atoms with Gasteiger partial charge in [-0.1, -0.05) is 0 Å². The Morgan fingerprint density at radius 1 is 1.19 bits per heavy atom. The fourth-order valence-corrected chi connectivity index (χ4v) is 4.01. The van der Waals surface area contributed by atoms with E-state index in [2.05, 4.69) is 24.5 Å². The number of pyridine rings is 1. The van der Waals surface area contributed by atoms with E-state index >= 15 is 0 Å². The first-order chi connectivity index (χ1) is 7.30. The Balaban J connectivity index is 2.72. The van der Waals surface area contributed by atoms with Crippen molar-refractivity contribution in [2.75, 3.05) is 0 Å². The molecule has 1 aromatic rings. The molecule has 6 heteroatoms. The normalized spacial score (nSPS) is 13.9. The third-order valence-electron chi connectivity index (χ3n) is 2.03. The molecule has 0 saturated heterocycles. The SMILES string of the molecule is [CH3][Sn]([CH3])([CH3])[c]1ccc(OC(F)C(F)F)nc1. The van der Waals surface area contributed by atoms with Crippen molar-refractivity contribution in [2.45, 2.75) is 27.6 Å². The second-order valence-electron chi connectivity index (χ2n) is 4.44. The minimum atomic E-state index is -3.15. The van der Waals surface area contributed by atoms with Crippen LogP contribution in [0.15, 0.2) is 18.3 Å². The number of aromatic nitrogens is 1. The molecule has 16 heavy (non-hydrogen) atoms. The second-order valence-corrected chi connectivity index (χ2v) is 18.9. The van der Waals surface area contributed by atoms with Gasteiger partial charge in [-0.2, -0.15) is 0 Å². The molecule has 0 aliphatic carbocycles. The third kappa shape index (κ3) is 3.84. The monoisotopic (exact) mass is 341 g/mol. The van der Waals surface area contributed by atoms with Gasteiger partial charge >= 0.3 is 96.7 Å². The molecule has 0 amide bonds. The predicted octanol–water partition coefficient (Wildman–Crippen LogP) is 2.57. The summed E-state index contributed by atoms with van der Waals surface area (Å²) < 4.78 is 41.7. The quantitative estimate of drug-likeness (QED) is 0.787. The van der Waals surface area contributed by atoms with Gasteiger partial charge in [-0.3, -0.25) is 0 Å². The summed E-state index contributed by atoms with van der Waals surface area (Å²) in [4.78, 5) is 10.4. The summed E-state index contributed by atoms with van der Waals surface area (Å²) >= 11 is -2.19. The van der Waals surface area contributed by atoms with E-state index in [1.807, 2.05) is 0 Å². The second kappa shape index (κ2) is 5.25. The molecular weight excluding hydrogens is 326 g/mol. The first-order valence-corrected chi connectivity index (χ1v) is 14.8. The molecule has 1 aromatic heterocycles. The number of halogens is 3. The van der Waals surface area contributed by atoms with Crippen LogP contribution in [0.1, 0.15) is 0 Å². The van der Waals surface area contributed by atoms with Crippen molar-refractivity contribution in [1.82, 2.24) is 4.98 Å². The Morgan fingerprint density at radius 3 is 2.19 bits per heavy atom. The Morgan fingerprint density at radius 2 is 1.81 bits per heavy atom. The predicted molar refractivity (Wildman–Crippen MR) is 58.7 cm³/mol. The minimum absolute atomic E-state index is 0.105. The van der Waals surface area contributed by atoms with Crippen LogP contribution in [0.5, 0.6) is 5.88 Å². The first kappa shape index (κ1) is 13.6. The Hall–Kier alpha value is -0.461. The number of hydrogen-bond acceptors (Lipinski definition) is 2. The molecule has 0 aliphatic rings. The summed E-state index contributed by atoms with van der Waals surface area (Å²) in [5.74, 6) is -0.105. The van der Waals surface area contributed by atoms with Crippen molar-refractivity contribution >= 4 is 22.0 Å². The first-order valence-electron chi connectivity index (χ1n) is 4.86. The maximum atomic E-state index is 12.5. The summed E-state index contributed by atoms with van der Waals surface area (Å²) in [6.07, 6.45) is -4.18. The van der Waals surface area contributed by atoms with Crippen molar-refractivity contribution in [3.63, 3.8) is 0 Å². The van der Waals surface area contributed by atoms with Crippen LogP contribution < -0.4 is 8.32 Å². The fourth-order valence-electron chi connectivity index (χ4n) is 1.06. The molecule has 1 atom stereocenters. The van der Waals surface area contributed by atoms with E-state index in [9.17, 15) is 13.2 Å². The molecule has 1 rings (SSSR count). The molecule has 0 saturated carbocycles. The van der Waals surface area contributed by atoms with E-state index in [0.29, 0.717) is 0 Å². The Labute approximate surface area is 96.7 Å². The molecule has 0 radical (unpaired) electrons. The van der Waals surface area contributed by atoms with E-state index in [-0.39, 0.29) is 5.88 Å². The van der Waals surface area contributed by atoms with Crippen molar-refractivity contribution in [2.24, 2.45) is 0 Å². The molecule has 0 spiro atoms. The van der Waals surface area contributed by atoms with Crippen LogP contribution in [-0.2, 0) is 0 Å². The third-order valence-corrected chi connectivity index (χ3v) is 7.82. The van der Waals surface area contributed by atoms with Crippen LogP contribution in [0, 0.1) is 0 Å². The van der Waals surface area contributed by atoms with Crippen molar-refractivity contribution in [3.05, 3.63) is 18.3 Å². The number of alkyl halides is 3. The standard InChI is InChI=1S/C7H5F3NO.3CH3.Sn/c8-6(9)7(10)12-5-3-1-2-4-11-5;;;;/h1,3-4,6-7H;3*1H3;. The average Bonchev–Trinajstić information content (AvgIpc) is 2.17. The molecule has 0 fully saturated rings. The van der Waals surface area contributed by atoms with Crippen LogP contribution in [0.2, 0.25) is 14.8 Å². The summed E-state index contributed by atoms with van der Waals surface area (Å²) in [5, 5.41) is 0. The Bertz CT molecular complexity index is 337. The molecule has 90 valence electrons. The molecular formula is C10H14F3NOSn. The molecule has 1 heterocycles. The van der Waals surface area contributed by atoms with Gasteiger partial charge in [0.15, 0.2) is 0 Å². The molecule has 0 N–H and O–H groups in total. The number of rotatable bonds is 4. The van der Waals surface area contributed by atoms with Crippen molar-refractivity contribution < 1.29 is 17.9 Å². The van der Waals surface area contributed by atoms with Gasteiger partial charge in [-0.25, -0.2) is 0 Å². The van der Waals surface area contributed by atoms with Gasteiger partial charge in [0.1, 0.15) is 0 Å². The van der Waals surface area contributed by atoms with Crippen LogP contribution >= 0.6 is 0 Å².